The van der Waals surface area contributed by atoms with Crippen LogP contribution in [0.3, 0.4) is 0 Å². The molecule has 1 amide bonds. The standard InChI is InChI=1S/C19H23FN4OS2/c20-14-7-3-8-15(11-14)21-18-22-23-19(27-18)26-12-17(25)24-10-4-6-13-5-1-2-9-16(13)24/h3,7-8,11,13,16H,1-2,4-6,9-10,12H2,(H,21,22)/t13-,16-/m1/s1. The summed E-state index contributed by atoms with van der Waals surface area (Å²) in [5.74, 6) is 1.02. The molecule has 0 spiro atoms. The van der Waals surface area contributed by atoms with Crippen molar-refractivity contribution in [1.82, 2.24) is 15.1 Å². The SMILES string of the molecule is O=C(CSc1nnc(Nc2cccc(F)c2)s1)N1CCC[C@H]2CCCC[C@H]21. The van der Waals surface area contributed by atoms with E-state index in [2.05, 4.69) is 20.4 Å². The molecule has 4 rings (SSSR count). The summed E-state index contributed by atoms with van der Waals surface area (Å²) in [6, 6.07) is 6.67. The molecule has 5 nitrogen and oxygen atoms in total. The summed E-state index contributed by atoms with van der Waals surface area (Å²) < 4.78 is 14.0. The number of amides is 1. The van der Waals surface area contributed by atoms with E-state index in [0.29, 0.717) is 28.5 Å². The van der Waals surface area contributed by atoms with Gasteiger partial charge in [-0.1, -0.05) is 42.0 Å². The Hall–Kier alpha value is -1.67. The molecule has 8 heteroatoms. The first kappa shape index (κ1) is 18.7. The maximum absolute atomic E-state index is 13.3. The van der Waals surface area contributed by atoms with Gasteiger partial charge in [-0.2, -0.15) is 0 Å². The largest absolute Gasteiger partial charge is 0.339 e. The highest BCUT2D eigenvalue weighted by Crippen LogP contribution is 2.36. The van der Waals surface area contributed by atoms with Crippen molar-refractivity contribution in [3.05, 3.63) is 30.1 Å². The number of fused-ring (bicyclic) bond motifs is 1. The second-order valence-electron chi connectivity index (χ2n) is 7.14. The quantitative estimate of drug-likeness (QED) is 0.730. The molecule has 1 saturated heterocycles. The van der Waals surface area contributed by atoms with Crippen molar-refractivity contribution < 1.29 is 9.18 Å². The Bertz CT molecular complexity index is 798. The van der Waals surface area contributed by atoms with Crippen molar-refractivity contribution in [3.63, 3.8) is 0 Å². The molecule has 2 aromatic rings. The number of halogens is 1. The van der Waals surface area contributed by atoms with Gasteiger partial charge >= 0.3 is 0 Å². The molecular weight excluding hydrogens is 383 g/mol. The average Bonchev–Trinajstić information content (AvgIpc) is 3.13. The third-order valence-electron chi connectivity index (χ3n) is 5.37. The predicted molar refractivity (Wildman–Crippen MR) is 107 cm³/mol. The van der Waals surface area contributed by atoms with Gasteiger partial charge in [0.1, 0.15) is 5.82 Å². The van der Waals surface area contributed by atoms with E-state index in [-0.39, 0.29) is 11.7 Å². The van der Waals surface area contributed by atoms with Crippen molar-refractivity contribution >= 4 is 39.8 Å². The molecule has 0 bridgehead atoms. The minimum Gasteiger partial charge on any atom is -0.339 e. The average molecular weight is 407 g/mol. The van der Waals surface area contributed by atoms with Crippen molar-refractivity contribution in [2.75, 3.05) is 17.6 Å². The minimum absolute atomic E-state index is 0.214. The molecule has 1 aliphatic carbocycles. The second kappa shape index (κ2) is 8.56. The number of nitrogens with zero attached hydrogens (tertiary/aromatic N) is 3. The highest BCUT2D eigenvalue weighted by molar-refractivity contribution is 8.01. The van der Waals surface area contributed by atoms with Crippen LogP contribution in [0.25, 0.3) is 0 Å². The number of thioether (sulfide) groups is 1. The van der Waals surface area contributed by atoms with Gasteiger partial charge in [-0.25, -0.2) is 4.39 Å². The topological polar surface area (TPSA) is 58.1 Å². The number of likely N-dealkylation sites (tertiary alicyclic amines) is 1. The van der Waals surface area contributed by atoms with E-state index in [0.717, 1.165) is 23.7 Å². The van der Waals surface area contributed by atoms with E-state index < -0.39 is 0 Å². The normalized spacial score (nSPS) is 22.3. The maximum Gasteiger partial charge on any atom is 0.233 e. The number of hydrogen-bond acceptors (Lipinski definition) is 6. The lowest BCUT2D eigenvalue weighted by molar-refractivity contribution is -0.134. The molecule has 1 aromatic heterocycles. The van der Waals surface area contributed by atoms with Crippen LogP contribution in [0.15, 0.2) is 28.6 Å². The molecule has 0 unspecified atom stereocenters. The summed E-state index contributed by atoms with van der Waals surface area (Å²) in [6.45, 7) is 0.892. The van der Waals surface area contributed by atoms with Crippen LogP contribution in [0.2, 0.25) is 0 Å². The first-order valence-corrected chi connectivity index (χ1v) is 11.3. The third-order valence-corrected chi connectivity index (χ3v) is 7.32. The Morgan fingerprint density at radius 2 is 2.11 bits per heavy atom. The lowest BCUT2D eigenvalue weighted by Gasteiger charge is -2.44. The fraction of sp³-hybridized carbons (Fsp3) is 0.526. The molecule has 2 heterocycles. The molecule has 2 aliphatic rings. The predicted octanol–water partition coefficient (Wildman–Crippen LogP) is 4.69. The summed E-state index contributed by atoms with van der Waals surface area (Å²) in [6.07, 6.45) is 7.37. The highest BCUT2D eigenvalue weighted by Gasteiger charge is 2.35. The first-order chi connectivity index (χ1) is 13.2. The van der Waals surface area contributed by atoms with Gasteiger partial charge in [-0.3, -0.25) is 4.79 Å². The van der Waals surface area contributed by atoms with E-state index in [4.69, 9.17) is 0 Å². The van der Waals surface area contributed by atoms with Gasteiger partial charge < -0.3 is 10.2 Å². The van der Waals surface area contributed by atoms with Gasteiger partial charge in [0.15, 0.2) is 4.34 Å². The number of carbonyl (C=O) groups is 1. The molecule has 2 atom stereocenters. The molecule has 27 heavy (non-hydrogen) atoms. The van der Waals surface area contributed by atoms with Crippen LogP contribution in [0, 0.1) is 11.7 Å². The fourth-order valence-electron chi connectivity index (χ4n) is 4.15. The van der Waals surface area contributed by atoms with Crippen molar-refractivity contribution in [2.24, 2.45) is 5.92 Å². The molecule has 1 saturated carbocycles. The Labute approximate surface area is 166 Å². The van der Waals surface area contributed by atoms with Crippen molar-refractivity contribution in [3.8, 4) is 0 Å². The van der Waals surface area contributed by atoms with Crippen LogP contribution in [-0.2, 0) is 4.79 Å². The zero-order valence-corrected chi connectivity index (χ0v) is 16.7. The monoisotopic (exact) mass is 406 g/mol. The van der Waals surface area contributed by atoms with Gasteiger partial charge in [-0.05, 0) is 49.8 Å². The molecule has 1 aliphatic heterocycles. The lowest BCUT2D eigenvalue weighted by Crippen LogP contribution is -2.50. The van der Waals surface area contributed by atoms with Gasteiger partial charge in [-0.15, -0.1) is 10.2 Å². The van der Waals surface area contributed by atoms with Crippen molar-refractivity contribution in [1.29, 1.82) is 0 Å². The second-order valence-corrected chi connectivity index (χ2v) is 9.34. The number of anilines is 2. The van der Waals surface area contributed by atoms with Crippen LogP contribution < -0.4 is 5.32 Å². The molecule has 1 aromatic carbocycles. The molecular formula is C19H23FN4OS2. The zero-order valence-electron chi connectivity index (χ0n) is 15.1. The van der Waals surface area contributed by atoms with Crippen LogP contribution in [0.4, 0.5) is 15.2 Å². The Morgan fingerprint density at radius 1 is 1.26 bits per heavy atom. The van der Waals surface area contributed by atoms with E-state index >= 15 is 0 Å². The van der Waals surface area contributed by atoms with Gasteiger partial charge in [0.2, 0.25) is 11.0 Å². The Morgan fingerprint density at radius 3 is 3.00 bits per heavy atom. The third kappa shape index (κ3) is 4.60. The molecule has 2 fully saturated rings. The zero-order chi connectivity index (χ0) is 18.6. The van der Waals surface area contributed by atoms with Gasteiger partial charge in [0.05, 0.1) is 5.75 Å². The van der Waals surface area contributed by atoms with Crippen LogP contribution in [0.1, 0.15) is 38.5 Å². The van der Waals surface area contributed by atoms with Gasteiger partial charge in [0.25, 0.3) is 0 Å². The summed E-state index contributed by atoms with van der Waals surface area (Å²) in [5.41, 5.74) is 0.635. The fourth-order valence-corrected chi connectivity index (χ4v) is 5.81. The van der Waals surface area contributed by atoms with E-state index in [1.54, 1.807) is 12.1 Å². The molecule has 0 radical (unpaired) electrons. The van der Waals surface area contributed by atoms with E-state index in [1.807, 2.05) is 0 Å². The summed E-state index contributed by atoms with van der Waals surface area (Å²) >= 11 is 2.82. The molecule has 144 valence electrons. The van der Waals surface area contributed by atoms with Crippen molar-refractivity contribution in [2.45, 2.75) is 48.9 Å². The van der Waals surface area contributed by atoms with Crippen LogP contribution in [0.5, 0.6) is 0 Å². The summed E-state index contributed by atoms with van der Waals surface area (Å²) in [4.78, 5) is 14.9. The number of piperidine rings is 1. The smallest absolute Gasteiger partial charge is 0.233 e. The number of nitrogens with one attached hydrogen (secondary N) is 1. The summed E-state index contributed by atoms with van der Waals surface area (Å²) in [5, 5.41) is 11.9. The maximum atomic E-state index is 13.3. The van der Waals surface area contributed by atoms with E-state index in [9.17, 15) is 9.18 Å². The van der Waals surface area contributed by atoms with E-state index in [1.165, 1.54) is 60.9 Å². The number of aromatic nitrogens is 2. The molecule has 1 N–H and O–H groups in total. The number of rotatable bonds is 5. The highest BCUT2D eigenvalue weighted by atomic mass is 32.2. The van der Waals surface area contributed by atoms with Crippen LogP contribution in [-0.4, -0.2) is 39.3 Å². The number of hydrogen-bond donors (Lipinski definition) is 1. The first-order valence-electron chi connectivity index (χ1n) is 9.47. The summed E-state index contributed by atoms with van der Waals surface area (Å²) in [7, 11) is 0. The van der Waals surface area contributed by atoms with Gasteiger partial charge in [0, 0.05) is 18.3 Å². The Kier molecular flexibility index (Phi) is 5.92. The minimum atomic E-state index is -0.299. The lowest BCUT2D eigenvalue weighted by atomic mass is 9.78. The Balaban J connectivity index is 1.32. The van der Waals surface area contributed by atoms with Crippen LogP contribution >= 0.6 is 23.1 Å². The number of benzene rings is 1. The number of carbonyl (C=O) groups excluding carboxylic acids is 1.